The van der Waals surface area contributed by atoms with Crippen LogP contribution in [0.3, 0.4) is 0 Å². The molecule has 0 fully saturated rings. The topological polar surface area (TPSA) is 21.3 Å². The molecule has 0 aliphatic carbocycles. The van der Waals surface area contributed by atoms with E-state index in [0.717, 1.165) is 6.54 Å². The summed E-state index contributed by atoms with van der Waals surface area (Å²) in [6, 6.07) is 18.5. The van der Waals surface area contributed by atoms with Gasteiger partial charge >= 0.3 is 0 Å². The Balaban J connectivity index is 1.66. The van der Waals surface area contributed by atoms with E-state index in [1.807, 2.05) is 30.3 Å². The average molecular weight is 241 g/mol. The summed E-state index contributed by atoms with van der Waals surface area (Å²) in [5.41, 5.74) is 3.66. The van der Waals surface area contributed by atoms with E-state index in [1.54, 1.807) is 0 Å². The fraction of sp³-hybridized carbons (Fsp3) is 0.250. The molecule has 0 saturated heterocycles. The number of ether oxygens (including phenoxy) is 1. The van der Waals surface area contributed by atoms with Gasteiger partial charge in [-0.05, 0) is 24.1 Å². The maximum absolute atomic E-state index is 5.62. The zero-order chi connectivity index (χ0) is 12.6. The fourth-order valence-corrected chi connectivity index (χ4v) is 1.79. The van der Waals surface area contributed by atoms with Gasteiger partial charge in [0.1, 0.15) is 0 Å². The lowest BCUT2D eigenvalue weighted by atomic mass is 10.2. The standard InChI is InChI=1S/C16H19NO/c1-14-7-5-6-10-16(14)17-11-12-18-13-15-8-3-2-4-9-15/h2-10,17H,11-13H2,1H3. The Kier molecular flexibility index (Phi) is 4.79. The summed E-state index contributed by atoms with van der Waals surface area (Å²) in [4.78, 5) is 0. The van der Waals surface area contributed by atoms with Gasteiger partial charge in [-0.25, -0.2) is 0 Å². The van der Waals surface area contributed by atoms with Crippen molar-refractivity contribution in [2.45, 2.75) is 13.5 Å². The van der Waals surface area contributed by atoms with Gasteiger partial charge in [0, 0.05) is 12.2 Å². The first-order valence-corrected chi connectivity index (χ1v) is 6.27. The molecule has 0 heterocycles. The summed E-state index contributed by atoms with van der Waals surface area (Å²) in [6.45, 7) is 4.32. The van der Waals surface area contributed by atoms with Gasteiger partial charge < -0.3 is 10.1 Å². The van der Waals surface area contributed by atoms with E-state index >= 15 is 0 Å². The van der Waals surface area contributed by atoms with Gasteiger partial charge in [0.15, 0.2) is 0 Å². The minimum absolute atomic E-state index is 0.677. The summed E-state index contributed by atoms with van der Waals surface area (Å²) in [5, 5.41) is 3.37. The Morgan fingerprint density at radius 2 is 1.67 bits per heavy atom. The average Bonchev–Trinajstić information content (AvgIpc) is 2.42. The molecule has 0 aromatic heterocycles. The lowest BCUT2D eigenvalue weighted by molar-refractivity contribution is 0.130. The van der Waals surface area contributed by atoms with Crippen LogP contribution in [0.25, 0.3) is 0 Å². The summed E-state index contributed by atoms with van der Waals surface area (Å²) < 4.78 is 5.62. The highest BCUT2D eigenvalue weighted by atomic mass is 16.5. The quantitative estimate of drug-likeness (QED) is 0.780. The van der Waals surface area contributed by atoms with Gasteiger partial charge in [-0.2, -0.15) is 0 Å². The van der Waals surface area contributed by atoms with Gasteiger partial charge in [0.05, 0.1) is 13.2 Å². The van der Waals surface area contributed by atoms with Crippen LogP contribution in [0, 0.1) is 6.92 Å². The van der Waals surface area contributed by atoms with E-state index in [4.69, 9.17) is 4.74 Å². The molecule has 0 saturated carbocycles. The molecule has 0 atom stereocenters. The lowest BCUT2D eigenvalue weighted by Crippen LogP contribution is -2.10. The molecule has 2 nitrogen and oxygen atoms in total. The van der Waals surface area contributed by atoms with Crippen LogP contribution in [0.1, 0.15) is 11.1 Å². The molecule has 2 aromatic rings. The van der Waals surface area contributed by atoms with Crippen molar-refractivity contribution < 1.29 is 4.74 Å². The molecule has 2 heteroatoms. The van der Waals surface area contributed by atoms with Crippen LogP contribution in [0.4, 0.5) is 5.69 Å². The zero-order valence-corrected chi connectivity index (χ0v) is 10.7. The third-order valence-corrected chi connectivity index (χ3v) is 2.82. The maximum Gasteiger partial charge on any atom is 0.0717 e. The first kappa shape index (κ1) is 12.7. The van der Waals surface area contributed by atoms with Gasteiger partial charge in [-0.3, -0.25) is 0 Å². The Morgan fingerprint density at radius 1 is 0.944 bits per heavy atom. The van der Waals surface area contributed by atoms with Crippen molar-refractivity contribution in [1.82, 2.24) is 0 Å². The first-order valence-electron chi connectivity index (χ1n) is 6.27. The highest BCUT2D eigenvalue weighted by Gasteiger charge is 1.95. The molecule has 18 heavy (non-hydrogen) atoms. The van der Waals surface area contributed by atoms with Crippen LogP contribution < -0.4 is 5.32 Å². The van der Waals surface area contributed by atoms with Crippen LogP contribution >= 0.6 is 0 Å². The lowest BCUT2D eigenvalue weighted by Gasteiger charge is -2.09. The van der Waals surface area contributed by atoms with Crippen LogP contribution in [0.2, 0.25) is 0 Å². The van der Waals surface area contributed by atoms with Crippen LogP contribution in [0.15, 0.2) is 54.6 Å². The highest BCUT2D eigenvalue weighted by Crippen LogP contribution is 2.12. The predicted octanol–water partition coefficient (Wildman–Crippen LogP) is 3.62. The molecule has 0 unspecified atom stereocenters. The SMILES string of the molecule is Cc1ccccc1NCCOCc1ccccc1. The number of hydrogen-bond acceptors (Lipinski definition) is 2. The van der Waals surface area contributed by atoms with Crippen molar-refractivity contribution in [3.63, 3.8) is 0 Å². The molecule has 1 N–H and O–H groups in total. The molecule has 0 radical (unpaired) electrons. The van der Waals surface area contributed by atoms with Crippen molar-refractivity contribution >= 4 is 5.69 Å². The highest BCUT2D eigenvalue weighted by molar-refractivity contribution is 5.50. The number of aryl methyl sites for hydroxylation is 1. The smallest absolute Gasteiger partial charge is 0.0717 e. The fourth-order valence-electron chi connectivity index (χ4n) is 1.79. The molecule has 0 amide bonds. The molecule has 0 aliphatic rings. The number of nitrogens with one attached hydrogen (secondary N) is 1. The second kappa shape index (κ2) is 6.82. The molecule has 0 bridgehead atoms. The minimum atomic E-state index is 0.677. The third kappa shape index (κ3) is 3.90. The van der Waals surface area contributed by atoms with Gasteiger partial charge in [-0.1, -0.05) is 48.5 Å². The Labute approximate surface area is 109 Å². The van der Waals surface area contributed by atoms with Gasteiger partial charge in [0.2, 0.25) is 0 Å². The van der Waals surface area contributed by atoms with E-state index in [1.165, 1.54) is 16.8 Å². The van der Waals surface area contributed by atoms with E-state index < -0.39 is 0 Å². The van der Waals surface area contributed by atoms with Crippen molar-refractivity contribution in [1.29, 1.82) is 0 Å². The number of rotatable bonds is 6. The van der Waals surface area contributed by atoms with Crippen molar-refractivity contribution in [3.8, 4) is 0 Å². The summed E-state index contributed by atoms with van der Waals surface area (Å²) in [6.07, 6.45) is 0. The van der Waals surface area contributed by atoms with Crippen LogP contribution in [-0.2, 0) is 11.3 Å². The summed E-state index contributed by atoms with van der Waals surface area (Å²) in [7, 11) is 0. The molecule has 94 valence electrons. The first-order chi connectivity index (χ1) is 8.86. The maximum atomic E-state index is 5.62. The van der Waals surface area contributed by atoms with E-state index in [9.17, 15) is 0 Å². The number of benzene rings is 2. The molecular formula is C16H19NO. The number of hydrogen-bond donors (Lipinski definition) is 1. The number of para-hydroxylation sites is 1. The Bertz CT molecular complexity index is 468. The second-order valence-corrected chi connectivity index (χ2v) is 4.28. The third-order valence-electron chi connectivity index (χ3n) is 2.82. The molecular weight excluding hydrogens is 222 g/mol. The van der Waals surface area contributed by atoms with Gasteiger partial charge in [-0.15, -0.1) is 0 Å². The Morgan fingerprint density at radius 3 is 2.44 bits per heavy atom. The van der Waals surface area contributed by atoms with Gasteiger partial charge in [0.25, 0.3) is 0 Å². The largest absolute Gasteiger partial charge is 0.383 e. The summed E-state index contributed by atoms with van der Waals surface area (Å²) >= 11 is 0. The molecule has 2 aromatic carbocycles. The zero-order valence-electron chi connectivity index (χ0n) is 10.7. The Hall–Kier alpha value is -1.80. The summed E-state index contributed by atoms with van der Waals surface area (Å²) in [5.74, 6) is 0. The molecule has 0 aliphatic heterocycles. The van der Waals surface area contributed by atoms with E-state index in [-0.39, 0.29) is 0 Å². The van der Waals surface area contributed by atoms with Crippen LogP contribution in [0.5, 0.6) is 0 Å². The van der Waals surface area contributed by atoms with Crippen LogP contribution in [-0.4, -0.2) is 13.2 Å². The molecule has 2 rings (SSSR count). The minimum Gasteiger partial charge on any atom is -0.383 e. The normalized spacial score (nSPS) is 10.3. The predicted molar refractivity (Wildman–Crippen MR) is 75.8 cm³/mol. The van der Waals surface area contributed by atoms with Crippen molar-refractivity contribution in [2.75, 3.05) is 18.5 Å². The van der Waals surface area contributed by atoms with Crippen molar-refractivity contribution in [2.24, 2.45) is 0 Å². The second-order valence-electron chi connectivity index (χ2n) is 4.28. The number of anilines is 1. The van der Waals surface area contributed by atoms with E-state index in [0.29, 0.717) is 13.2 Å². The molecule has 0 spiro atoms. The van der Waals surface area contributed by atoms with E-state index in [2.05, 4.69) is 36.5 Å². The van der Waals surface area contributed by atoms with Crippen molar-refractivity contribution in [3.05, 3.63) is 65.7 Å². The monoisotopic (exact) mass is 241 g/mol.